The summed E-state index contributed by atoms with van der Waals surface area (Å²) in [7, 11) is 3.01. The van der Waals surface area contributed by atoms with Crippen molar-refractivity contribution in [2.45, 2.75) is 6.18 Å². The lowest BCUT2D eigenvalue weighted by Gasteiger charge is -2.15. The van der Waals surface area contributed by atoms with Gasteiger partial charge in [0, 0.05) is 12.5 Å². The van der Waals surface area contributed by atoms with Gasteiger partial charge in [-0.25, -0.2) is 4.98 Å². The van der Waals surface area contributed by atoms with Crippen LogP contribution in [-0.2, 0) is 10.9 Å². The number of nitrogens with one attached hydrogen (secondary N) is 1. The molecule has 0 aliphatic carbocycles. The summed E-state index contributed by atoms with van der Waals surface area (Å²) >= 11 is 0. The highest BCUT2D eigenvalue weighted by Crippen LogP contribution is 2.35. The molecule has 0 atom stereocenters. The Balaban J connectivity index is 1.89. The molecule has 0 saturated carbocycles. The van der Waals surface area contributed by atoms with E-state index < -0.39 is 17.6 Å². The van der Waals surface area contributed by atoms with E-state index >= 15 is 0 Å². The Hall–Kier alpha value is -3.33. The minimum Gasteiger partial charge on any atom is -0.497 e. The standard InChI is InChI=1S/C21H19F3N2O4/c1-28-9-10-30-19-8-4-14(21(22,23)24)12-18(19)26-20(27)17-6-3-13-11-15(29-2)5-7-16(13)25-17/h3-8,11-12H,9-10H2,1-2H3,(H,26,27). The van der Waals surface area contributed by atoms with Crippen LogP contribution in [0.4, 0.5) is 18.9 Å². The smallest absolute Gasteiger partial charge is 0.416 e. The van der Waals surface area contributed by atoms with Gasteiger partial charge in [0.1, 0.15) is 23.8 Å². The fourth-order valence-corrected chi connectivity index (χ4v) is 2.71. The van der Waals surface area contributed by atoms with Crippen molar-refractivity contribution in [2.75, 3.05) is 32.8 Å². The third kappa shape index (κ3) is 4.98. The fraction of sp³-hybridized carbons (Fsp3) is 0.238. The highest BCUT2D eigenvalue weighted by Gasteiger charge is 2.31. The predicted molar refractivity (Wildman–Crippen MR) is 105 cm³/mol. The summed E-state index contributed by atoms with van der Waals surface area (Å²) in [4.78, 5) is 16.9. The molecule has 1 heterocycles. The highest BCUT2D eigenvalue weighted by molar-refractivity contribution is 6.04. The van der Waals surface area contributed by atoms with E-state index in [1.807, 2.05) is 0 Å². The van der Waals surface area contributed by atoms with Crippen molar-refractivity contribution in [1.82, 2.24) is 4.98 Å². The third-order valence-electron chi connectivity index (χ3n) is 4.23. The van der Waals surface area contributed by atoms with E-state index in [2.05, 4.69) is 10.3 Å². The SMILES string of the molecule is COCCOc1ccc(C(F)(F)F)cc1NC(=O)c1ccc2cc(OC)ccc2n1. The van der Waals surface area contributed by atoms with Gasteiger partial charge in [0.15, 0.2) is 0 Å². The number of ether oxygens (including phenoxy) is 3. The number of anilines is 1. The molecule has 0 fully saturated rings. The number of hydrogen-bond acceptors (Lipinski definition) is 5. The molecule has 0 spiro atoms. The number of methoxy groups -OCH3 is 2. The molecule has 1 aromatic heterocycles. The lowest BCUT2D eigenvalue weighted by molar-refractivity contribution is -0.137. The average Bonchev–Trinajstić information content (AvgIpc) is 2.73. The van der Waals surface area contributed by atoms with Crippen molar-refractivity contribution in [3.63, 3.8) is 0 Å². The molecule has 0 bridgehead atoms. The molecule has 0 unspecified atom stereocenters. The number of halogens is 3. The van der Waals surface area contributed by atoms with Gasteiger partial charge in [-0.05, 0) is 42.5 Å². The minimum absolute atomic E-state index is 0.0490. The number of carbonyl (C=O) groups excluding carboxylic acids is 1. The van der Waals surface area contributed by atoms with Crippen LogP contribution >= 0.6 is 0 Å². The normalized spacial score (nSPS) is 11.4. The van der Waals surface area contributed by atoms with Gasteiger partial charge in [0.05, 0.1) is 30.5 Å². The second-order valence-corrected chi connectivity index (χ2v) is 6.26. The van der Waals surface area contributed by atoms with E-state index in [9.17, 15) is 18.0 Å². The Labute approximate surface area is 170 Å². The molecule has 3 aromatic rings. The van der Waals surface area contributed by atoms with E-state index in [4.69, 9.17) is 14.2 Å². The van der Waals surface area contributed by atoms with E-state index in [0.717, 1.165) is 23.6 Å². The van der Waals surface area contributed by atoms with Crippen molar-refractivity contribution in [1.29, 1.82) is 0 Å². The second-order valence-electron chi connectivity index (χ2n) is 6.26. The summed E-state index contributed by atoms with van der Waals surface area (Å²) in [6.45, 7) is 0.352. The molecule has 158 valence electrons. The Morgan fingerprint density at radius 1 is 1.03 bits per heavy atom. The number of carbonyl (C=O) groups is 1. The minimum atomic E-state index is -4.56. The van der Waals surface area contributed by atoms with Crippen LogP contribution in [0.3, 0.4) is 0 Å². The predicted octanol–water partition coefficient (Wildman–Crippen LogP) is 4.54. The van der Waals surface area contributed by atoms with Crippen LogP contribution in [0.2, 0.25) is 0 Å². The number of hydrogen-bond donors (Lipinski definition) is 1. The number of alkyl halides is 3. The van der Waals surface area contributed by atoms with Crippen molar-refractivity contribution in [3.05, 3.63) is 59.8 Å². The van der Waals surface area contributed by atoms with Gasteiger partial charge in [-0.2, -0.15) is 13.2 Å². The van der Waals surface area contributed by atoms with Gasteiger partial charge < -0.3 is 19.5 Å². The first-order chi connectivity index (χ1) is 14.3. The van der Waals surface area contributed by atoms with Gasteiger partial charge in [-0.15, -0.1) is 0 Å². The zero-order valence-electron chi connectivity index (χ0n) is 16.2. The number of pyridine rings is 1. The van der Waals surface area contributed by atoms with Crippen molar-refractivity contribution in [3.8, 4) is 11.5 Å². The summed E-state index contributed by atoms with van der Waals surface area (Å²) in [5.41, 5.74) is -0.421. The first-order valence-electron chi connectivity index (χ1n) is 8.91. The summed E-state index contributed by atoms with van der Waals surface area (Å²) in [5, 5.41) is 3.22. The van der Waals surface area contributed by atoms with Crippen LogP contribution < -0.4 is 14.8 Å². The maximum atomic E-state index is 13.1. The molecule has 9 heteroatoms. The number of fused-ring (bicyclic) bond motifs is 1. The van der Waals surface area contributed by atoms with E-state index in [1.54, 1.807) is 24.3 Å². The molecule has 30 heavy (non-hydrogen) atoms. The summed E-state index contributed by atoms with van der Waals surface area (Å²) in [5.74, 6) is 0.0749. The maximum absolute atomic E-state index is 13.1. The molecule has 1 N–H and O–H groups in total. The van der Waals surface area contributed by atoms with Crippen LogP contribution in [0.1, 0.15) is 16.1 Å². The maximum Gasteiger partial charge on any atom is 0.416 e. The number of amides is 1. The quantitative estimate of drug-likeness (QED) is 0.569. The van der Waals surface area contributed by atoms with Crippen LogP contribution in [0, 0.1) is 0 Å². The second kappa shape index (κ2) is 9.00. The zero-order valence-corrected chi connectivity index (χ0v) is 16.2. The fourth-order valence-electron chi connectivity index (χ4n) is 2.71. The number of aromatic nitrogens is 1. The first-order valence-corrected chi connectivity index (χ1v) is 8.91. The average molecular weight is 420 g/mol. The molecule has 1 amide bonds. The molecule has 0 radical (unpaired) electrons. The van der Waals surface area contributed by atoms with E-state index in [-0.39, 0.29) is 30.3 Å². The molecule has 0 saturated heterocycles. The highest BCUT2D eigenvalue weighted by atomic mass is 19.4. The zero-order chi connectivity index (χ0) is 21.7. The largest absolute Gasteiger partial charge is 0.497 e. The molecular formula is C21H19F3N2O4. The first kappa shape index (κ1) is 21.4. The summed E-state index contributed by atoms with van der Waals surface area (Å²) in [6.07, 6.45) is -4.56. The number of rotatable bonds is 7. The van der Waals surface area contributed by atoms with Gasteiger partial charge in [-0.1, -0.05) is 6.07 Å². The van der Waals surface area contributed by atoms with E-state index in [1.165, 1.54) is 20.3 Å². The van der Waals surface area contributed by atoms with Crippen LogP contribution in [0.25, 0.3) is 10.9 Å². The van der Waals surface area contributed by atoms with E-state index in [0.29, 0.717) is 11.3 Å². The molecule has 0 aliphatic heterocycles. The number of benzene rings is 2. The molecule has 2 aromatic carbocycles. The van der Waals surface area contributed by atoms with Gasteiger partial charge >= 0.3 is 6.18 Å². The Morgan fingerprint density at radius 2 is 1.83 bits per heavy atom. The van der Waals surface area contributed by atoms with Crippen molar-refractivity contribution in [2.24, 2.45) is 0 Å². The van der Waals surface area contributed by atoms with Crippen LogP contribution in [0.5, 0.6) is 11.5 Å². The molecular weight excluding hydrogens is 401 g/mol. The Bertz CT molecular complexity index is 1050. The molecule has 3 rings (SSSR count). The van der Waals surface area contributed by atoms with Crippen LogP contribution in [0.15, 0.2) is 48.5 Å². The Kier molecular flexibility index (Phi) is 6.41. The Morgan fingerprint density at radius 3 is 2.53 bits per heavy atom. The van der Waals surface area contributed by atoms with Gasteiger partial charge in [0.2, 0.25) is 0 Å². The van der Waals surface area contributed by atoms with Crippen LogP contribution in [-0.4, -0.2) is 38.3 Å². The van der Waals surface area contributed by atoms with Gasteiger partial charge in [-0.3, -0.25) is 4.79 Å². The number of nitrogens with zero attached hydrogens (tertiary/aromatic N) is 1. The van der Waals surface area contributed by atoms with Gasteiger partial charge in [0.25, 0.3) is 5.91 Å². The molecule has 6 nitrogen and oxygen atoms in total. The monoisotopic (exact) mass is 420 g/mol. The molecule has 0 aliphatic rings. The summed E-state index contributed by atoms with van der Waals surface area (Å²) in [6, 6.07) is 11.2. The lowest BCUT2D eigenvalue weighted by Crippen LogP contribution is -2.16. The summed E-state index contributed by atoms with van der Waals surface area (Å²) < 4.78 is 54.8. The lowest BCUT2D eigenvalue weighted by atomic mass is 10.1. The third-order valence-corrected chi connectivity index (χ3v) is 4.23. The van der Waals surface area contributed by atoms with Crippen molar-refractivity contribution < 1.29 is 32.2 Å². The van der Waals surface area contributed by atoms with Crippen molar-refractivity contribution >= 4 is 22.5 Å². The topological polar surface area (TPSA) is 69.7 Å².